The normalized spacial score (nSPS) is 12.9. The van der Waals surface area contributed by atoms with Crippen molar-refractivity contribution in [3.63, 3.8) is 0 Å². The van der Waals surface area contributed by atoms with Crippen LogP contribution in [0.3, 0.4) is 0 Å². The maximum absolute atomic E-state index is 12.9. The molecule has 0 spiro atoms. The van der Waals surface area contributed by atoms with Crippen LogP contribution < -0.4 is 0 Å². The Kier molecular flexibility index (Phi) is 59.4. The summed E-state index contributed by atoms with van der Waals surface area (Å²) in [4.78, 5) is 25.6. The molecule has 0 radical (unpaired) electrons. The average Bonchev–Trinajstić information content (AvgIpc) is 3.38. The number of esters is 2. The third-order valence-electron chi connectivity index (χ3n) is 13.1. The summed E-state index contributed by atoms with van der Waals surface area (Å²) in [5, 5.41) is 0. The molecule has 1 atom stereocenters. The van der Waals surface area contributed by atoms with Gasteiger partial charge in [-0.3, -0.25) is 9.59 Å². The van der Waals surface area contributed by atoms with Gasteiger partial charge in [0.1, 0.15) is 6.61 Å². The van der Waals surface area contributed by atoms with E-state index in [9.17, 15) is 9.59 Å². The van der Waals surface area contributed by atoms with Gasteiger partial charge in [-0.15, -0.1) is 0 Å². The summed E-state index contributed by atoms with van der Waals surface area (Å²) in [5.41, 5.74) is 0. The van der Waals surface area contributed by atoms with Gasteiger partial charge in [0.25, 0.3) is 0 Å². The van der Waals surface area contributed by atoms with Gasteiger partial charge in [0.2, 0.25) is 0 Å². The fourth-order valence-corrected chi connectivity index (χ4v) is 8.50. The quantitative estimate of drug-likeness (QED) is 0.0345. The first-order chi connectivity index (χ1) is 35.6. The second-order valence-corrected chi connectivity index (χ2v) is 20.2. The Morgan fingerprint density at radius 2 is 0.625 bits per heavy atom. The summed E-state index contributed by atoms with van der Waals surface area (Å²) in [6, 6.07) is 0. The monoisotopic (exact) mass is 1000 g/mol. The minimum atomic E-state index is -0.557. The molecule has 0 aliphatic rings. The molecule has 5 heteroatoms. The molecule has 0 aromatic heterocycles. The molecular weight excluding hydrogens is 885 g/mol. The van der Waals surface area contributed by atoms with Crippen LogP contribution in [0.5, 0.6) is 0 Å². The zero-order chi connectivity index (χ0) is 52.0. The van der Waals surface area contributed by atoms with Gasteiger partial charge in [0.15, 0.2) is 6.10 Å². The van der Waals surface area contributed by atoms with Gasteiger partial charge in [-0.05, 0) is 122 Å². The van der Waals surface area contributed by atoms with Crippen molar-refractivity contribution in [2.24, 2.45) is 0 Å². The number of rotatable bonds is 56. The summed E-state index contributed by atoms with van der Waals surface area (Å²) in [5.74, 6) is -0.418. The lowest BCUT2D eigenvalue weighted by molar-refractivity contribution is -0.163. The highest BCUT2D eigenvalue weighted by molar-refractivity contribution is 5.70. The number of carbonyl (C=O) groups is 2. The van der Waals surface area contributed by atoms with Gasteiger partial charge in [0.05, 0.1) is 6.61 Å². The lowest BCUT2D eigenvalue weighted by Gasteiger charge is -2.18. The van der Waals surface area contributed by atoms with Crippen molar-refractivity contribution in [2.45, 2.75) is 297 Å². The van der Waals surface area contributed by atoms with Gasteiger partial charge < -0.3 is 14.2 Å². The number of allylic oxidation sites excluding steroid dienone is 16. The predicted octanol–water partition coefficient (Wildman–Crippen LogP) is 21.4. The molecule has 0 heterocycles. The molecule has 0 rings (SSSR count). The Bertz CT molecular complexity index is 1360. The first-order valence-corrected chi connectivity index (χ1v) is 30.8. The first-order valence-electron chi connectivity index (χ1n) is 30.8. The molecule has 0 aromatic carbocycles. The van der Waals surface area contributed by atoms with Crippen molar-refractivity contribution in [3.05, 3.63) is 97.2 Å². The fourth-order valence-electron chi connectivity index (χ4n) is 8.50. The highest BCUT2D eigenvalue weighted by atomic mass is 16.6. The highest BCUT2D eigenvalue weighted by Gasteiger charge is 2.17. The van der Waals surface area contributed by atoms with Crippen LogP contribution in [0, 0.1) is 0 Å². The minimum absolute atomic E-state index is 0.0687. The van der Waals surface area contributed by atoms with E-state index in [-0.39, 0.29) is 25.2 Å². The zero-order valence-electron chi connectivity index (χ0n) is 47.7. The summed E-state index contributed by atoms with van der Waals surface area (Å²) >= 11 is 0. The van der Waals surface area contributed by atoms with E-state index in [1.807, 2.05) is 0 Å². The van der Waals surface area contributed by atoms with E-state index in [0.29, 0.717) is 19.4 Å². The SMILES string of the molecule is CC/C=C\C/C=C\C/C=C\C/C=C\CCCCCCCCCOCC(COC(=O)CCCCCCCC/C=C\C/C=C\C/C=C\CCCCC)OC(=O)CCCCCCCCC/C=C\CCCCCCCC. The van der Waals surface area contributed by atoms with Crippen LogP contribution in [-0.2, 0) is 23.8 Å². The molecule has 0 aromatic rings. The lowest BCUT2D eigenvalue weighted by Crippen LogP contribution is -2.30. The zero-order valence-corrected chi connectivity index (χ0v) is 47.7. The number of hydrogen-bond acceptors (Lipinski definition) is 5. The summed E-state index contributed by atoms with van der Waals surface area (Å²) in [7, 11) is 0. The number of ether oxygens (including phenoxy) is 3. The standard InChI is InChI=1S/C67H116O5/c1-4-7-10-13-16-19-22-25-28-31-33-35-38-41-44-47-50-53-56-59-62-70-63-65(72-67(69)61-58-55-52-49-46-43-40-36-30-27-24-21-18-15-12-9-6-3)64-71-66(68)60-57-54-51-48-45-42-39-37-34-32-29-26-23-20-17-14-11-8-5-2/h7,10,16-17,19-20,25-30,33-35,37,65H,4-6,8-9,11-15,18,21-24,31-32,36,38-64H2,1-3H3/b10-7-,19-16-,20-17-,28-25-,29-26-,30-27-,35-33-,37-34-. The van der Waals surface area contributed by atoms with Crippen molar-refractivity contribution in [3.8, 4) is 0 Å². The number of carbonyl (C=O) groups excluding carboxylic acids is 2. The van der Waals surface area contributed by atoms with Gasteiger partial charge in [0, 0.05) is 19.4 Å². The maximum Gasteiger partial charge on any atom is 0.306 e. The molecule has 0 saturated heterocycles. The third-order valence-corrected chi connectivity index (χ3v) is 13.1. The molecule has 0 aliphatic heterocycles. The van der Waals surface area contributed by atoms with Crippen LogP contribution >= 0.6 is 0 Å². The molecule has 0 aliphatic carbocycles. The van der Waals surface area contributed by atoms with E-state index in [1.165, 1.54) is 161 Å². The summed E-state index contributed by atoms with van der Waals surface area (Å²) in [6.07, 6.45) is 84.3. The molecular formula is C67H116O5. The Morgan fingerprint density at radius 3 is 1.04 bits per heavy atom. The molecule has 5 nitrogen and oxygen atoms in total. The topological polar surface area (TPSA) is 61.8 Å². The van der Waals surface area contributed by atoms with Gasteiger partial charge in [-0.1, -0.05) is 253 Å². The van der Waals surface area contributed by atoms with Crippen LogP contribution in [-0.4, -0.2) is 37.9 Å². The molecule has 0 amide bonds. The molecule has 0 fully saturated rings. The Morgan fingerprint density at radius 1 is 0.319 bits per heavy atom. The van der Waals surface area contributed by atoms with E-state index in [1.54, 1.807) is 0 Å². The smallest absolute Gasteiger partial charge is 0.306 e. The van der Waals surface area contributed by atoms with Crippen molar-refractivity contribution < 1.29 is 23.8 Å². The van der Waals surface area contributed by atoms with Crippen molar-refractivity contribution in [1.29, 1.82) is 0 Å². The molecule has 1 unspecified atom stereocenters. The second-order valence-electron chi connectivity index (χ2n) is 20.2. The largest absolute Gasteiger partial charge is 0.462 e. The van der Waals surface area contributed by atoms with Crippen LogP contribution in [0.4, 0.5) is 0 Å². The van der Waals surface area contributed by atoms with Crippen LogP contribution in [0.1, 0.15) is 290 Å². The predicted molar refractivity (Wildman–Crippen MR) is 316 cm³/mol. The molecule has 0 bridgehead atoms. The fraction of sp³-hybridized carbons (Fsp3) is 0.731. The second kappa shape index (κ2) is 62.1. The van der Waals surface area contributed by atoms with Gasteiger partial charge in [-0.2, -0.15) is 0 Å². The lowest BCUT2D eigenvalue weighted by atomic mass is 10.1. The average molecular weight is 1000 g/mol. The van der Waals surface area contributed by atoms with E-state index in [0.717, 1.165) is 96.3 Å². The maximum atomic E-state index is 12.9. The van der Waals surface area contributed by atoms with Crippen molar-refractivity contribution >= 4 is 11.9 Å². The van der Waals surface area contributed by atoms with Crippen LogP contribution in [0.25, 0.3) is 0 Å². The van der Waals surface area contributed by atoms with Crippen molar-refractivity contribution in [1.82, 2.24) is 0 Å². The van der Waals surface area contributed by atoms with E-state index in [4.69, 9.17) is 14.2 Å². The Balaban J connectivity index is 4.34. The summed E-state index contributed by atoms with van der Waals surface area (Å²) in [6.45, 7) is 7.67. The Hall–Kier alpha value is -3.18. The Labute approximate surface area is 447 Å². The van der Waals surface area contributed by atoms with Crippen molar-refractivity contribution in [2.75, 3.05) is 19.8 Å². The number of hydrogen-bond donors (Lipinski definition) is 0. The van der Waals surface area contributed by atoms with Crippen LogP contribution in [0.15, 0.2) is 97.2 Å². The molecule has 0 saturated carbocycles. The van der Waals surface area contributed by atoms with E-state index >= 15 is 0 Å². The molecule has 414 valence electrons. The first kappa shape index (κ1) is 68.8. The molecule has 72 heavy (non-hydrogen) atoms. The molecule has 0 N–H and O–H groups in total. The highest BCUT2D eigenvalue weighted by Crippen LogP contribution is 2.15. The third kappa shape index (κ3) is 59.4. The minimum Gasteiger partial charge on any atom is -0.462 e. The van der Waals surface area contributed by atoms with E-state index in [2.05, 4.69) is 118 Å². The van der Waals surface area contributed by atoms with Gasteiger partial charge >= 0.3 is 11.9 Å². The number of unbranched alkanes of at least 4 members (excludes halogenated alkanes) is 29. The van der Waals surface area contributed by atoms with Gasteiger partial charge in [-0.25, -0.2) is 0 Å². The summed E-state index contributed by atoms with van der Waals surface area (Å²) < 4.78 is 17.5. The van der Waals surface area contributed by atoms with E-state index < -0.39 is 6.10 Å². The van der Waals surface area contributed by atoms with Crippen LogP contribution in [0.2, 0.25) is 0 Å².